The number of aromatic nitrogens is 1. The molecule has 0 atom stereocenters. The maximum atomic E-state index is 5.13. The first-order valence-electron chi connectivity index (χ1n) is 4.05. The molecule has 0 N–H and O–H groups in total. The first kappa shape index (κ1) is 7.98. The average molecular weight is 177 g/mol. The Kier molecular flexibility index (Phi) is 1.85. The van der Waals surface area contributed by atoms with Crippen LogP contribution in [0.2, 0.25) is 0 Å². The average Bonchev–Trinajstić information content (AvgIpc) is 2.59. The van der Waals surface area contributed by atoms with E-state index >= 15 is 0 Å². The minimum Gasteiger partial charge on any atom is -0.497 e. The van der Waals surface area contributed by atoms with E-state index < -0.39 is 0 Å². The van der Waals surface area contributed by atoms with E-state index in [1.165, 1.54) is 0 Å². The summed E-state index contributed by atoms with van der Waals surface area (Å²) in [5.74, 6) is 0.838. The molecule has 0 spiro atoms. The van der Waals surface area contributed by atoms with E-state index in [1.807, 2.05) is 30.5 Å². The SMILES string of the molecule is COc1ccc2ccn(OC)c2c1. The van der Waals surface area contributed by atoms with E-state index in [9.17, 15) is 0 Å². The van der Waals surface area contributed by atoms with Gasteiger partial charge in [-0.15, -0.1) is 0 Å². The zero-order valence-corrected chi connectivity index (χ0v) is 7.65. The van der Waals surface area contributed by atoms with E-state index in [1.54, 1.807) is 19.0 Å². The fourth-order valence-corrected chi connectivity index (χ4v) is 1.37. The van der Waals surface area contributed by atoms with E-state index in [2.05, 4.69) is 0 Å². The lowest BCUT2D eigenvalue weighted by atomic mass is 10.2. The zero-order chi connectivity index (χ0) is 9.26. The van der Waals surface area contributed by atoms with E-state index in [-0.39, 0.29) is 0 Å². The third-order valence-electron chi connectivity index (χ3n) is 2.06. The highest BCUT2D eigenvalue weighted by molar-refractivity contribution is 5.81. The lowest BCUT2D eigenvalue weighted by Crippen LogP contribution is -2.02. The molecule has 3 heteroatoms. The number of fused-ring (bicyclic) bond motifs is 1. The summed E-state index contributed by atoms with van der Waals surface area (Å²) in [5, 5.41) is 1.14. The smallest absolute Gasteiger partial charge is 0.121 e. The Bertz CT molecular complexity index is 420. The molecule has 2 aromatic rings. The van der Waals surface area contributed by atoms with E-state index in [0.717, 1.165) is 16.7 Å². The van der Waals surface area contributed by atoms with Gasteiger partial charge in [-0.05, 0) is 18.2 Å². The summed E-state index contributed by atoms with van der Waals surface area (Å²) in [6, 6.07) is 7.88. The lowest BCUT2D eigenvalue weighted by Gasteiger charge is -2.03. The number of hydrogen-bond acceptors (Lipinski definition) is 2. The van der Waals surface area contributed by atoms with Crippen molar-refractivity contribution in [3.05, 3.63) is 30.5 Å². The molecule has 68 valence electrons. The third kappa shape index (κ3) is 1.22. The van der Waals surface area contributed by atoms with Gasteiger partial charge in [-0.1, -0.05) is 0 Å². The molecule has 0 bridgehead atoms. The highest BCUT2D eigenvalue weighted by Crippen LogP contribution is 2.20. The van der Waals surface area contributed by atoms with Gasteiger partial charge in [-0.25, -0.2) is 0 Å². The second kappa shape index (κ2) is 3.01. The highest BCUT2D eigenvalue weighted by Gasteiger charge is 2.01. The molecule has 0 saturated carbocycles. The Morgan fingerprint density at radius 2 is 2.00 bits per heavy atom. The Labute approximate surface area is 76.4 Å². The summed E-state index contributed by atoms with van der Waals surface area (Å²) in [5.41, 5.74) is 1.02. The molecule has 0 fully saturated rings. The van der Waals surface area contributed by atoms with Gasteiger partial charge in [0.25, 0.3) is 0 Å². The molecule has 0 aliphatic rings. The minimum absolute atomic E-state index is 0.838. The van der Waals surface area contributed by atoms with Gasteiger partial charge < -0.3 is 9.57 Å². The van der Waals surface area contributed by atoms with Crippen molar-refractivity contribution < 1.29 is 9.57 Å². The first-order valence-corrected chi connectivity index (χ1v) is 4.05. The van der Waals surface area contributed by atoms with Crippen molar-refractivity contribution in [3.8, 4) is 5.75 Å². The van der Waals surface area contributed by atoms with Crippen LogP contribution in [0.3, 0.4) is 0 Å². The van der Waals surface area contributed by atoms with Crippen molar-refractivity contribution in [2.24, 2.45) is 0 Å². The van der Waals surface area contributed by atoms with Gasteiger partial charge >= 0.3 is 0 Å². The largest absolute Gasteiger partial charge is 0.497 e. The molecule has 0 amide bonds. The van der Waals surface area contributed by atoms with Gasteiger partial charge in [0.1, 0.15) is 12.9 Å². The number of ether oxygens (including phenoxy) is 1. The lowest BCUT2D eigenvalue weighted by molar-refractivity contribution is 0.179. The molecule has 13 heavy (non-hydrogen) atoms. The molecule has 0 saturated heterocycles. The van der Waals surface area contributed by atoms with Gasteiger partial charge in [-0.3, -0.25) is 0 Å². The van der Waals surface area contributed by atoms with E-state index in [4.69, 9.17) is 9.57 Å². The quantitative estimate of drug-likeness (QED) is 0.697. The molecule has 1 aromatic heterocycles. The van der Waals surface area contributed by atoms with Crippen LogP contribution in [0.1, 0.15) is 0 Å². The molecule has 1 aromatic carbocycles. The predicted octanol–water partition coefficient (Wildman–Crippen LogP) is 1.71. The summed E-state index contributed by atoms with van der Waals surface area (Å²) in [6.45, 7) is 0. The molecule has 0 radical (unpaired) electrons. The van der Waals surface area contributed by atoms with Crippen LogP contribution < -0.4 is 9.57 Å². The van der Waals surface area contributed by atoms with Crippen molar-refractivity contribution in [2.45, 2.75) is 0 Å². The molecule has 0 unspecified atom stereocenters. The fourth-order valence-electron chi connectivity index (χ4n) is 1.37. The van der Waals surface area contributed by atoms with Crippen molar-refractivity contribution in [2.75, 3.05) is 14.2 Å². The summed E-state index contributed by atoms with van der Waals surface area (Å²) >= 11 is 0. The van der Waals surface area contributed by atoms with Crippen LogP contribution in [0.25, 0.3) is 10.9 Å². The third-order valence-corrected chi connectivity index (χ3v) is 2.06. The number of rotatable bonds is 2. The van der Waals surface area contributed by atoms with Crippen LogP contribution in [0.15, 0.2) is 30.5 Å². The van der Waals surface area contributed by atoms with Crippen LogP contribution in [0.4, 0.5) is 0 Å². The molecule has 0 aliphatic heterocycles. The van der Waals surface area contributed by atoms with Crippen molar-refractivity contribution in [1.82, 2.24) is 4.73 Å². The second-order valence-corrected chi connectivity index (χ2v) is 2.75. The summed E-state index contributed by atoms with van der Waals surface area (Å²) in [7, 11) is 3.29. The number of methoxy groups -OCH3 is 1. The standard InChI is InChI=1S/C10H11NO2/c1-12-9-4-3-8-5-6-11(13-2)10(8)7-9/h3-7H,1-2H3. The molecule has 3 nitrogen and oxygen atoms in total. The van der Waals surface area contributed by atoms with Crippen LogP contribution in [0, 0.1) is 0 Å². The van der Waals surface area contributed by atoms with Gasteiger partial charge in [0.2, 0.25) is 0 Å². The Balaban J connectivity index is 2.64. The van der Waals surface area contributed by atoms with Gasteiger partial charge in [-0.2, -0.15) is 4.73 Å². The zero-order valence-electron chi connectivity index (χ0n) is 7.65. The first-order chi connectivity index (χ1) is 6.35. The molecular weight excluding hydrogens is 166 g/mol. The van der Waals surface area contributed by atoms with Crippen LogP contribution in [-0.4, -0.2) is 19.0 Å². The minimum atomic E-state index is 0.838. The Morgan fingerprint density at radius 3 is 2.69 bits per heavy atom. The van der Waals surface area contributed by atoms with Gasteiger partial charge in [0.05, 0.1) is 12.6 Å². The maximum absolute atomic E-state index is 5.13. The summed E-state index contributed by atoms with van der Waals surface area (Å²) < 4.78 is 6.83. The van der Waals surface area contributed by atoms with Crippen molar-refractivity contribution in [3.63, 3.8) is 0 Å². The van der Waals surface area contributed by atoms with Gasteiger partial charge in [0.15, 0.2) is 0 Å². The van der Waals surface area contributed by atoms with E-state index in [0.29, 0.717) is 0 Å². The monoisotopic (exact) mass is 177 g/mol. The van der Waals surface area contributed by atoms with Crippen molar-refractivity contribution in [1.29, 1.82) is 0 Å². The highest BCUT2D eigenvalue weighted by atomic mass is 16.6. The maximum Gasteiger partial charge on any atom is 0.121 e. The Morgan fingerprint density at radius 1 is 1.15 bits per heavy atom. The van der Waals surface area contributed by atoms with Crippen LogP contribution >= 0.6 is 0 Å². The molecule has 0 aliphatic carbocycles. The number of hydrogen-bond donors (Lipinski definition) is 0. The summed E-state index contributed by atoms with van der Waals surface area (Å²) in [4.78, 5) is 5.13. The second-order valence-electron chi connectivity index (χ2n) is 2.75. The summed E-state index contributed by atoms with van der Waals surface area (Å²) in [6.07, 6.45) is 1.88. The van der Waals surface area contributed by atoms with Gasteiger partial charge in [0, 0.05) is 17.6 Å². The molecular formula is C10H11NO2. The van der Waals surface area contributed by atoms with Crippen molar-refractivity contribution >= 4 is 10.9 Å². The number of nitrogens with zero attached hydrogens (tertiary/aromatic N) is 1. The Hall–Kier alpha value is -1.64. The van der Waals surface area contributed by atoms with Crippen LogP contribution in [-0.2, 0) is 0 Å². The number of benzene rings is 1. The fraction of sp³-hybridized carbons (Fsp3) is 0.200. The van der Waals surface area contributed by atoms with Crippen LogP contribution in [0.5, 0.6) is 5.75 Å². The topological polar surface area (TPSA) is 23.4 Å². The normalized spacial score (nSPS) is 10.3. The molecule has 1 heterocycles. The predicted molar refractivity (Wildman–Crippen MR) is 51.0 cm³/mol. The molecule has 2 rings (SSSR count).